The lowest BCUT2D eigenvalue weighted by molar-refractivity contribution is 0.0717. The highest BCUT2D eigenvalue weighted by molar-refractivity contribution is 5.96. The number of rotatable bonds is 3. The average molecular weight is 263 g/mol. The predicted molar refractivity (Wildman–Crippen MR) is 73.4 cm³/mol. The lowest BCUT2D eigenvalue weighted by Gasteiger charge is -2.27. The Labute approximate surface area is 114 Å². The van der Waals surface area contributed by atoms with Crippen LogP contribution < -0.4 is 10.1 Å². The van der Waals surface area contributed by atoms with Gasteiger partial charge in [-0.1, -0.05) is 0 Å². The van der Waals surface area contributed by atoms with Crippen molar-refractivity contribution in [2.45, 2.75) is 25.3 Å². The summed E-state index contributed by atoms with van der Waals surface area (Å²) in [6.07, 6.45) is 6.35. The molecule has 0 bridgehead atoms. The summed E-state index contributed by atoms with van der Waals surface area (Å²) in [5.74, 6) is 0.539. The highest BCUT2D eigenvalue weighted by Gasteiger charge is 2.24. The zero-order valence-corrected chi connectivity index (χ0v) is 11.6. The van der Waals surface area contributed by atoms with Crippen molar-refractivity contribution >= 4 is 5.91 Å². The second-order valence-corrected chi connectivity index (χ2v) is 4.83. The van der Waals surface area contributed by atoms with Crippen molar-refractivity contribution in [2.24, 2.45) is 0 Å². The van der Waals surface area contributed by atoms with Gasteiger partial charge >= 0.3 is 0 Å². The number of methoxy groups -OCH3 is 1. The van der Waals surface area contributed by atoms with Crippen LogP contribution >= 0.6 is 0 Å². The molecule has 0 spiro atoms. The quantitative estimate of drug-likeness (QED) is 0.893. The minimum atomic E-state index is 0.00569. The highest BCUT2D eigenvalue weighted by atomic mass is 16.5. The summed E-state index contributed by atoms with van der Waals surface area (Å²) in [7, 11) is 3.43. The number of carbonyl (C=O) groups is 1. The van der Waals surface area contributed by atoms with E-state index in [4.69, 9.17) is 4.74 Å². The average Bonchev–Trinajstić information content (AvgIpc) is 2.74. The van der Waals surface area contributed by atoms with E-state index >= 15 is 0 Å². The van der Waals surface area contributed by atoms with E-state index in [-0.39, 0.29) is 5.91 Å². The number of nitrogens with one attached hydrogen (secondary N) is 1. The zero-order valence-electron chi connectivity index (χ0n) is 11.6. The molecule has 0 radical (unpaired) electrons. The third kappa shape index (κ3) is 3.23. The fraction of sp³-hybridized carbons (Fsp3) is 0.571. The molecular formula is C14H21N3O2. The van der Waals surface area contributed by atoms with Crippen molar-refractivity contribution < 1.29 is 9.53 Å². The van der Waals surface area contributed by atoms with Gasteiger partial charge < -0.3 is 15.0 Å². The van der Waals surface area contributed by atoms with Gasteiger partial charge in [0, 0.05) is 19.3 Å². The largest absolute Gasteiger partial charge is 0.494 e. The van der Waals surface area contributed by atoms with Gasteiger partial charge in [0.15, 0.2) is 0 Å². The van der Waals surface area contributed by atoms with Crippen LogP contribution in [0.4, 0.5) is 0 Å². The molecule has 1 saturated heterocycles. The summed E-state index contributed by atoms with van der Waals surface area (Å²) in [6.45, 7) is 2.01. The smallest absolute Gasteiger partial charge is 0.257 e. The Morgan fingerprint density at radius 2 is 2.32 bits per heavy atom. The minimum Gasteiger partial charge on any atom is -0.494 e. The van der Waals surface area contributed by atoms with E-state index in [1.807, 2.05) is 11.9 Å². The van der Waals surface area contributed by atoms with Gasteiger partial charge in [-0.2, -0.15) is 0 Å². The molecule has 0 aromatic carbocycles. The van der Waals surface area contributed by atoms with E-state index in [2.05, 4.69) is 10.3 Å². The molecule has 104 valence electrons. The fourth-order valence-electron chi connectivity index (χ4n) is 2.46. The van der Waals surface area contributed by atoms with Gasteiger partial charge in [-0.15, -0.1) is 0 Å². The van der Waals surface area contributed by atoms with Gasteiger partial charge in [0.2, 0.25) is 0 Å². The number of amides is 1. The van der Waals surface area contributed by atoms with Crippen molar-refractivity contribution in [3.05, 3.63) is 24.0 Å². The Bertz CT molecular complexity index is 428. The highest BCUT2D eigenvalue weighted by Crippen LogP contribution is 2.20. The molecule has 1 fully saturated rings. The van der Waals surface area contributed by atoms with Gasteiger partial charge in [-0.3, -0.25) is 9.78 Å². The van der Waals surface area contributed by atoms with Crippen LogP contribution in [0, 0.1) is 0 Å². The van der Waals surface area contributed by atoms with Crippen molar-refractivity contribution in [3.63, 3.8) is 0 Å². The van der Waals surface area contributed by atoms with E-state index in [9.17, 15) is 4.79 Å². The Morgan fingerprint density at radius 1 is 1.47 bits per heavy atom. The molecule has 1 amide bonds. The lowest BCUT2D eigenvalue weighted by Crippen LogP contribution is -2.37. The molecule has 1 N–H and O–H groups in total. The molecule has 5 nitrogen and oxygen atoms in total. The Morgan fingerprint density at radius 3 is 3.11 bits per heavy atom. The fourth-order valence-corrected chi connectivity index (χ4v) is 2.46. The summed E-state index contributed by atoms with van der Waals surface area (Å²) in [4.78, 5) is 18.4. The van der Waals surface area contributed by atoms with Crippen LogP contribution in [0.3, 0.4) is 0 Å². The summed E-state index contributed by atoms with van der Waals surface area (Å²) >= 11 is 0. The first-order chi connectivity index (χ1) is 9.24. The first-order valence-electron chi connectivity index (χ1n) is 6.70. The number of carbonyl (C=O) groups excluding carboxylic acids is 1. The Hall–Kier alpha value is -1.62. The molecular weight excluding hydrogens is 242 g/mol. The zero-order chi connectivity index (χ0) is 13.7. The van der Waals surface area contributed by atoms with Crippen molar-refractivity contribution in [1.29, 1.82) is 0 Å². The number of aromatic nitrogens is 1. The molecule has 0 saturated carbocycles. The van der Waals surface area contributed by atoms with E-state index in [1.165, 1.54) is 0 Å². The predicted octanol–water partition coefficient (Wildman–Crippen LogP) is 1.30. The number of ether oxygens (including phenoxy) is 1. The van der Waals surface area contributed by atoms with Gasteiger partial charge in [0.25, 0.3) is 5.91 Å². The van der Waals surface area contributed by atoms with Crippen LogP contribution in [0.2, 0.25) is 0 Å². The summed E-state index contributed by atoms with van der Waals surface area (Å²) in [6, 6.07) is 2.01. The van der Waals surface area contributed by atoms with Crippen molar-refractivity contribution in [3.8, 4) is 5.75 Å². The first kappa shape index (κ1) is 13.8. The van der Waals surface area contributed by atoms with Crippen LogP contribution in [0.15, 0.2) is 18.5 Å². The van der Waals surface area contributed by atoms with Crippen LogP contribution in [-0.4, -0.2) is 49.1 Å². The second kappa shape index (κ2) is 6.52. The van der Waals surface area contributed by atoms with Gasteiger partial charge in [-0.05, 0) is 38.4 Å². The molecule has 1 aliphatic rings. The molecule has 5 heteroatoms. The molecule has 1 aromatic heterocycles. The maximum absolute atomic E-state index is 12.5. The molecule has 1 aliphatic heterocycles. The summed E-state index contributed by atoms with van der Waals surface area (Å²) in [5.41, 5.74) is 0.581. The van der Waals surface area contributed by atoms with E-state index in [0.717, 1.165) is 32.4 Å². The molecule has 1 aromatic rings. The third-order valence-corrected chi connectivity index (χ3v) is 3.65. The maximum atomic E-state index is 12.5. The SMILES string of the molecule is COc1cnccc1C(=O)N(C)C1CCCNCC1. The summed E-state index contributed by atoms with van der Waals surface area (Å²) < 4.78 is 5.21. The topological polar surface area (TPSA) is 54.5 Å². The minimum absolute atomic E-state index is 0.00569. The first-order valence-corrected chi connectivity index (χ1v) is 6.70. The normalized spacial score (nSPS) is 19.6. The van der Waals surface area contributed by atoms with Crippen LogP contribution in [0.25, 0.3) is 0 Å². The van der Waals surface area contributed by atoms with E-state index in [1.54, 1.807) is 25.6 Å². The van der Waals surface area contributed by atoms with E-state index < -0.39 is 0 Å². The van der Waals surface area contributed by atoms with Crippen LogP contribution in [0.5, 0.6) is 5.75 Å². The molecule has 2 rings (SSSR count). The van der Waals surface area contributed by atoms with Gasteiger partial charge in [0.05, 0.1) is 18.9 Å². The molecule has 19 heavy (non-hydrogen) atoms. The van der Waals surface area contributed by atoms with Crippen LogP contribution in [0.1, 0.15) is 29.6 Å². The van der Waals surface area contributed by atoms with Gasteiger partial charge in [0.1, 0.15) is 5.75 Å². The molecule has 0 aliphatic carbocycles. The number of hydrogen-bond acceptors (Lipinski definition) is 4. The standard InChI is InChI=1S/C14H21N3O2/c1-17(11-4-3-7-15-8-5-11)14(18)12-6-9-16-10-13(12)19-2/h6,9-11,15H,3-5,7-8H2,1-2H3. The third-order valence-electron chi connectivity index (χ3n) is 3.65. The number of hydrogen-bond donors (Lipinski definition) is 1. The second-order valence-electron chi connectivity index (χ2n) is 4.83. The van der Waals surface area contributed by atoms with Gasteiger partial charge in [-0.25, -0.2) is 0 Å². The number of nitrogens with zero attached hydrogens (tertiary/aromatic N) is 2. The molecule has 1 atom stereocenters. The Kier molecular flexibility index (Phi) is 4.74. The number of pyridine rings is 1. The van der Waals surface area contributed by atoms with Crippen molar-refractivity contribution in [1.82, 2.24) is 15.2 Å². The monoisotopic (exact) mass is 263 g/mol. The summed E-state index contributed by atoms with van der Waals surface area (Å²) in [5, 5.41) is 3.36. The lowest BCUT2D eigenvalue weighted by atomic mass is 10.1. The van der Waals surface area contributed by atoms with Crippen LogP contribution in [-0.2, 0) is 0 Å². The molecule has 2 heterocycles. The molecule has 1 unspecified atom stereocenters. The van der Waals surface area contributed by atoms with Crippen molar-refractivity contribution in [2.75, 3.05) is 27.2 Å². The Balaban J connectivity index is 2.13. The van der Waals surface area contributed by atoms with E-state index in [0.29, 0.717) is 17.4 Å². The maximum Gasteiger partial charge on any atom is 0.257 e.